The lowest BCUT2D eigenvalue weighted by Crippen LogP contribution is -2.35. The van der Waals surface area contributed by atoms with Crippen LogP contribution in [-0.4, -0.2) is 37.7 Å². The number of benzene rings is 2. The van der Waals surface area contributed by atoms with Gasteiger partial charge in [-0.15, -0.1) is 0 Å². The molecule has 0 saturated heterocycles. The van der Waals surface area contributed by atoms with Crippen LogP contribution < -0.4 is 20.7 Å². The van der Waals surface area contributed by atoms with Gasteiger partial charge in [-0.1, -0.05) is 30.1 Å². The van der Waals surface area contributed by atoms with E-state index >= 15 is 0 Å². The second-order valence-electron chi connectivity index (χ2n) is 7.28. The molecule has 1 aliphatic rings. The molecule has 5 nitrogen and oxygen atoms in total. The Morgan fingerprint density at radius 1 is 1.03 bits per heavy atom. The van der Waals surface area contributed by atoms with Gasteiger partial charge in [0, 0.05) is 40.9 Å². The molecule has 1 amide bonds. The standard InChI is InChI=1S/C12H16ClNO2.C11H15ClN2/c1-3-9(2)14-12(15)8-16-11-6-4-10(13)5-7-11;12-9-1-3-10(4-2-9)13-7-8-14-11-5-6-11/h4-7,9H,3,8H2,1-2H3,(H,14,15);1-4,11,13-14H,5-8H2. The van der Waals surface area contributed by atoms with Crippen LogP contribution in [-0.2, 0) is 4.79 Å². The van der Waals surface area contributed by atoms with E-state index in [1.807, 2.05) is 38.1 Å². The summed E-state index contributed by atoms with van der Waals surface area (Å²) in [7, 11) is 0. The van der Waals surface area contributed by atoms with Gasteiger partial charge in [-0.3, -0.25) is 4.79 Å². The lowest BCUT2D eigenvalue weighted by atomic mass is 10.2. The Balaban J connectivity index is 0.000000215. The topological polar surface area (TPSA) is 62.4 Å². The molecule has 30 heavy (non-hydrogen) atoms. The molecule has 3 N–H and O–H groups in total. The van der Waals surface area contributed by atoms with Crippen molar-refractivity contribution < 1.29 is 9.53 Å². The Bertz CT molecular complexity index is 750. The molecule has 2 aromatic carbocycles. The van der Waals surface area contributed by atoms with Gasteiger partial charge in [0.15, 0.2) is 6.61 Å². The summed E-state index contributed by atoms with van der Waals surface area (Å²) in [5.74, 6) is 0.535. The van der Waals surface area contributed by atoms with Crippen LogP contribution in [0.3, 0.4) is 0 Å². The Morgan fingerprint density at radius 3 is 2.20 bits per heavy atom. The van der Waals surface area contributed by atoms with Crippen molar-refractivity contribution in [3.8, 4) is 5.75 Å². The molecule has 7 heteroatoms. The first-order valence-corrected chi connectivity index (χ1v) is 11.1. The van der Waals surface area contributed by atoms with E-state index in [0.29, 0.717) is 10.8 Å². The Hall–Kier alpha value is -1.95. The molecule has 1 unspecified atom stereocenters. The number of hydrogen-bond acceptors (Lipinski definition) is 4. The zero-order valence-electron chi connectivity index (χ0n) is 17.6. The van der Waals surface area contributed by atoms with E-state index in [-0.39, 0.29) is 18.6 Å². The van der Waals surface area contributed by atoms with Crippen molar-refractivity contribution in [2.75, 3.05) is 25.0 Å². The zero-order chi connectivity index (χ0) is 21.8. The largest absolute Gasteiger partial charge is 0.484 e. The van der Waals surface area contributed by atoms with Gasteiger partial charge in [0.1, 0.15) is 5.75 Å². The molecule has 0 heterocycles. The highest BCUT2D eigenvalue weighted by molar-refractivity contribution is 6.30. The van der Waals surface area contributed by atoms with Gasteiger partial charge in [0.25, 0.3) is 5.91 Å². The van der Waals surface area contributed by atoms with Gasteiger partial charge in [-0.2, -0.15) is 0 Å². The van der Waals surface area contributed by atoms with Gasteiger partial charge >= 0.3 is 0 Å². The van der Waals surface area contributed by atoms with Gasteiger partial charge in [-0.25, -0.2) is 0 Å². The van der Waals surface area contributed by atoms with Crippen LogP contribution in [0.15, 0.2) is 48.5 Å². The van der Waals surface area contributed by atoms with Crippen molar-refractivity contribution in [3.63, 3.8) is 0 Å². The quantitative estimate of drug-likeness (QED) is 0.437. The highest BCUT2D eigenvalue weighted by Gasteiger charge is 2.19. The third-order valence-corrected chi connectivity index (χ3v) is 5.02. The number of ether oxygens (including phenoxy) is 1. The number of rotatable bonds is 10. The van der Waals surface area contributed by atoms with Crippen LogP contribution in [0.2, 0.25) is 10.0 Å². The molecular weight excluding hydrogens is 421 g/mol. The molecule has 0 aliphatic heterocycles. The van der Waals surface area contributed by atoms with E-state index in [4.69, 9.17) is 27.9 Å². The van der Waals surface area contributed by atoms with Crippen LogP contribution >= 0.6 is 23.2 Å². The fourth-order valence-corrected chi connectivity index (χ4v) is 2.69. The summed E-state index contributed by atoms with van der Waals surface area (Å²) in [5.41, 5.74) is 1.13. The fraction of sp³-hybridized carbons (Fsp3) is 0.435. The number of carbonyl (C=O) groups is 1. The van der Waals surface area contributed by atoms with Crippen molar-refractivity contribution in [3.05, 3.63) is 58.6 Å². The number of halogens is 2. The van der Waals surface area contributed by atoms with Gasteiger partial charge in [-0.05, 0) is 74.7 Å². The van der Waals surface area contributed by atoms with Crippen LogP contribution in [0.25, 0.3) is 0 Å². The van der Waals surface area contributed by atoms with Gasteiger partial charge in [0.05, 0.1) is 0 Å². The monoisotopic (exact) mass is 451 g/mol. The Kier molecular flexibility index (Phi) is 10.8. The fourth-order valence-electron chi connectivity index (χ4n) is 2.44. The van der Waals surface area contributed by atoms with Crippen LogP contribution in [0, 0.1) is 0 Å². The summed E-state index contributed by atoms with van der Waals surface area (Å²) in [6, 6.07) is 15.7. The highest BCUT2D eigenvalue weighted by atomic mass is 35.5. The molecule has 0 aromatic heterocycles. The van der Waals surface area contributed by atoms with E-state index in [1.54, 1.807) is 24.3 Å². The molecule has 1 aliphatic carbocycles. The van der Waals surface area contributed by atoms with Crippen molar-refractivity contribution in [1.29, 1.82) is 0 Å². The van der Waals surface area contributed by atoms with Crippen molar-refractivity contribution in [2.24, 2.45) is 0 Å². The maximum Gasteiger partial charge on any atom is 0.258 e. The van der Waals surface area contributed by atoms with Crippen LogP contribution in [0.1, 0.15) is 33.1 Å². The predicted molar refractivity (Wildman–Crippen MR) is 126 cm³/mol. The summed E-state index contributed by atoms with van der Waals surface area (Å²) < 4.78 is 5.30. The first-order chi connectivity index (χ1) is 14.5. The lowest BCUT2D eigenvalue weighted by molar-refractivity contribution is -0.123. The Morgan fingerprint density at radius 2 is 1.63 bits per heavy atom. The van der Waals surface area contributed by atoms with Gasteiger partial charge < -0.3 is 20.7 Å². The number of amides is 1. The molecular formula is C23H31Cl2N3O2. The van der Waals surface area contributed by atoms with E-state index in [0.717, 1.165) is 36.3 Å². The third-order valence-electron chi connectivity index (χ3n) is 4.51. The molecule has 0 spiro atoms. The summed E-state index contributed by atoms with van der Waals surface area (Å²) in [6.07, 6.45) is 3.61. The molecule has 0 radical (unpaired) electrons. The number of hydrogen-bond donors (Lipinski definition) is 3. The van der Waals surface area contributed by atoms with Crippen molar-refractivity contribution in [1.82, 2.24) is 10.6 Å². The predicted octanol–water partition coefficient (Wildman–Crippen LogP) is 5.14. The molecule has 1 saturated carbocycles. The Labute approximate surface area is 189 Å². The van der Waals surface area contributed by atoms with Crippen LogP contribution in [0.5, 0.6) is 5.75 Å². The summed E-state index contributed by atoms with van der Waals surface area (Å²) in [4.78, 5) is 11.4. The SMILES string of the molecule is CCC(C)NC(=O)COc1ccc(Cl)cc1.Clc1ccc(NCCNC2CC2)cc1. The average Bonchev–Trinajstić information content (AvgIpc) is 3.57. The molecule has 0 bridgehead atoms. The maximum absolute atomic E-state index is 11.4. The lowest BCUT2D eigenvalue weighted by Gasteiger charge is -2.11. The normalized spacial score (nSPS) is 13.6. The minimum atomic E-state index is -0.107. The molecule has 1 atom stereocenters. The molecule has 3 rings (SSSR count). The molecule has 1 fully saturated rings. The smallest absolute Gasteiger partial charge is 0.258 e. The highest BCUT2D eigenvalue weighted by Crippen LogP contribution is 2.18. The first-order valence-electron chi connectivity index (χ1n) is 10.4. The van der Waals surface area contributed by atoms with Gasteiger partial charge in [0.2, 0.25) is 0 Å². The van der Waals surface area contributed by atoms with E-state index in [2.05, 4.69) is 16.0 Å². The van der Waals surface area contributed by atoms with E-state index in [1.165, 1.54) is 12.8 Å². The van der Waals surface area contributed by atoms with Crippen molar-refractivity contribution in [2.45, 2.75) is 45.2 Å². The maximum atomic E-state index is 11.4. The average molecular weight is 452 g/mol. The van der Waals surface area contributed by atoms with E-state index in [9.17, 15) is 4.79 Å². The van der Waals surface area contributed by atoms with Crippen LogP contribution in [0.4, 0.5) is 5.69 Å². The number of carbonyl (C=O) groups excluding carboxylic acids is 1. The second-order valence-corrected chi connectivity index (χ2v) is 8.15. The number of nitrogens with one attached hydrogen (secondary N) is 3. The second kappa shape index (κ2) is 13.4. The molecule has 164 valence electrons. The summed E-state index contributed by atoms with van der Waals surface area (Å²) >= 11 is 11.5. The summed E-state index contributed by atoms with van der Waals surface area (Å²) in [6.45, 7) is 6.02. The number of anilines is 1. The third kappa shape index (κ3) is 10.7. The minimum absolute atomic E-state index is 0.0337. The summed E-state index contributed by atoms with van der Waals surface area (Å²) in [5, 5.41) is 11.0. The first kappa shape index (κ1) is 24.3. The minimum Gasteiger partial charge on any atom is -0.484 e. The molecule has 2 aromatic rings. The van der Waals surface area contributed by atoms with E-state index < -0.39 is 0 Å². The zero-order valence-corrected chi connectivity index (χ0v) is 19.1. The van der Waals surface area contributed by atoms with Crippen molar-refractivity contribution >= 4 is 34.8 Å².